The Balaban J connectivity index is 1.46. The number of nitrogens with one attached hydrogen (secondary N) is 1. The fourth-order valence-electron chi connectivity index (χ4n) is 5.20. The maximum atomic E-state index is 13.3. The van der Waals surface area contributed by atoms with Crippen LogP contribution in [0, 0.1) is 35.0 Å². The molecule has 1 saturated heterocycles. The van der Waals surface area contributed by atoms with Gasteiger partial charge in [-0.1, -0.05) is 0 Å². The summed E-state index contributed by atoms with van der Waals surface area (Å²) in [6.45, 7) is 1.44. The van der Waals surface area contributed by atoms with Gasteiger partial charge >= 0.3 is 6.18 Å². The van der Waals surface area contributed by atoms with E-state index in [1.807, 2.05) is 11.0 Å². The molecule has 2 saturated carbocycles. The smallest absolute Gasteiger partial charge is 0.355 e. The normalized spacial score (nSPS) is 26.7. The Morgan fingerprint density at radius 1 is 1.13 bits per heavy atom. The number of nitrogens with zero attached hydrogens (tertiary/aromatic N) is 4. The highest BCUT2D eigenvalue weighted by Crippen LogP contribution is 2.61. The van der Waals surface area contributed by atoms with Gasteiger partial charge in [-0.25, -0.2) is 9.97 Å². The number of pyridine rings is 2. The quantitative estimate of drug-likeness (QED) is 0.830. The molecule has 1 amide bonds. The largest absolute Gasteiger partial charge is 0.417 e. The zero-order chi connectivity index (χ0) is 21.0. The van der Waals surface area contributed by atoms with Crippen molar-refractivity contribution in [1.82, 2.24) is 9.97 Å². The molecule has 3 heterocycles. The fourth-order valence-corrected chi connectivity index (χ4v) is 5.20. The van der Waals surface area contributed by atoms with E-state index >= 15 is 0 Å². The van der Waals surface area contributed by atoms with Crippen LogP contribution in [-0.2, 0) is 6.18 Å². The molecule has 2 aromatic heterocycles. The second-order valence-corrected chi connectivity index (χ2v) is 8.23. The Morgan fingerprint density at radius 2 is 1.83 bits per heavy atom. The molecule has 9 heteroatoms. The molecule has 3 aliphatic rings. The number of aromatic nitrogens is 2. The fraction of sp³-hybridized carbons (Fsp3) is 0.429. The number of carbonyl (C=O) groups excluding carboxylic acids is 1. The van der Waals surface area contributed by atoms with Crippen molar-refractivity contribution in [2.45, 2.75) is 19.0 Å². The lowest BCUT2D eigenvalue weighted by Gasteiger charge is -2.56. The van der Waals surface area contributed by atoms with Crippen LogP contribution in [0.15, 0.2) is 30.6 Å². The maximum Gasteiger partial charge on any atom is 0.417 e. The number of rotatable bonds is 3. The zero-order valence-corrected chi connectivity index (χ0v) is 15.9. The molecule has 30 heavy (non-hydrogen) atoms. The van der Waals surface area contributed by atoms with E-state index in [-0.39, 0.29) is 22.8 Å². The summed E-state index contributed by atoms with van der Waals surface area (Å²) in [5, 5.41) is 11.5. The number of halogens is 3. The molecule has 3 fully saturated rings. The summed E-state index contributed by atoms with van der Waals surface area (Å²) in [5.74, 6) is 2.11. The SMILES string of the molecule is N#Cc1cc(NC(=O)c2cc(C(F)(F)F)cnc2N2CC3C4CCC4[C@H]3C2)ccn1. The van der Waals surface area contributed by atoms with Gasteiger partial charge in [0.05, 0.1) is 11.1 Å². The number of carbonyl (C=O) groups is 1. The van der Waals surface area contributed by atoms with E-state index in [1.54, 1.807) is 0 Å². The average Bonchev–Trinajstić information content (AvgIpc) is 3.06. The van der Waals surface area contributed by atoms with Gasteiger partial charge in [-0.05, 0) is 54.7 Å². The molecule has 5 rings (SSSR count). The summed E-state index contributed by atoms with van der Waals surface area (Å²) in [7, 11) is 0. The lowest BCUT2D eigenvalue weighted by atomic mass is 9.48. The zero-order valence-electron chi connectivity index (χ0n) is 15.9. The third kappa shape index (κ3) is 2.98. The number of hydrogen-bond acceptors (Lipinski definition) is 5. The van der Waals surface area contributed by atoms with Gasteiger partial charge in [0.1, 0.15) is 17.6 Å². The van der Waals surface area contributed by atoms with Crippen LogP contribution in [0.3, 0.4) is 0 Å². The minimum atomic E-state index is -4.60. The van der Waals surface area contributed by atoms with E-state index in [0.717, 1.165) is 25.4 Å². The third-order valence-electron chi connectivity index (χ3n) is 6.77. The second-order valence-electron chi connectivity index (χ2n) is 8.23. The topological polar surface area (TPSA) is 81.9 Å². The number of alkyl halides is 3. The number of nitriles is 1. The Hall–Kier alpha value is -3.15. The van der Waals surface area contributed by atoms with Crippen molar-refractivity contribution >= 4 is 17.4 Å². The molecule has 154 valence electrons. The Kier molecular flexibility index (Phi) is 4.20. The summed E-state index contributed by atoms with van der Waals surface area (Å²) in [6.07, 6.45) is -0.0175. The van der Waals surface area contributed by atoms with E-state index in [2.05, 4.69) is 15.3 Å². The van der Waals surface area contributed by atoms with Crippen molar-refractivity contribution in [3.8, 4) is 6.07 Å². The second kappa shape index (κ2) is 6.69. The molecule has 0 radical (unpaired) electrons. The predicted molar refractivity (Wildman–Crippen MR) is 102 cm³/mol. The first-order valence-electron chi connectivity index (χ1n) is 9.85. The van der Waals surface area contributed by atoms with Gasteiger partial charge in [0, 0.05) is 31.2 Å². The van der Waals surface area contributed by atoms with Crippen molar-refractivity contribution in [2.24, 2.45) is 23.7 Å². The number of hydrogen-bond donors (Lipinski definition) is 1. The predicted octanol–water partition coefficient (Wildman–Crippen LogP) is 3.71. The van der Waals surface area contributed by atoms with Gasteiger partial charge in [0.2, 0.25) is 0 Å². The molecular formula is C21H18F3N5O. The minimum Gasteiger partial charge on any atom is -0.355 e. The van der Waals surface area contributed by atoms with Crippen LogP contribution in [0.1, 0.15) is 34.5 Å². The summed E-state index contributed by atoms with van der Waals surface area (Å²) >= 11 is 0. The highest BCUT2D eigenvalue weighted by atomic mass is 19.4. The van der Waals surface area contributed by atoms with E-state index in [9.17, 15) is 18.0 Å². The van der Waals surface area contributed by atoms with Crippen LogP contribution < -0.4 is 10.2 Å². The van der Waals surface area contributed by atoms with Crippen molar-refractivity contribution in [3.05, 3.63) is 47.4 Å². The first kappa shape index (κ1) is 18.9. The summed E-state index contributed by atoms with van der Waals surface area (Å²) < 4.78 is 39.8. The average molecular weight is 413 g/mol. The van der Waals surface area contributed by atoms with E-state index in [1.165, 1.54) is 31.2 Å². The molecule has 3 unspecified atom stereocenters. The van der Waals surface area contributed by atoms with Crippen molar-refractivity contribution < 1.29 is 18.0 Å². The highest BCUT2D eigenvalue weighted by Gasteiger charge is 2.58. The van der Waals surface area contributed by atoms with Crippen LogP contribution in [0.25, 0.3) is 0 Å². The maximum absolute atomic E-state index is 13.3. The van der Waals surface area contributed by atoms with Crippen LogP contribution in [0.4, 0.5) is 24.7 Å². The number of fused-ring (bicyclic) bond motifs is 4. The van der Waals surface area contributed by atoms with Gasteiger partial charge in [-0.15, -0.1) is 0 Å². The summed E-state index contributed by atoms with van der Waals surface area (Å²) in [6, 6.07) is 5.57. The minimum absolute atomic E-state index is 0.0989. The van der Waals surface area contributed by atoms with Crippen LogP contribution in [0.5, 0.6) is 0 Å². The third-order valence-corrected chi connectivity index (χ3v) is 6.77. The molecule has 0 aromatic carbocycles. The molecule has 2 aromatic rings. The molecule has 0 spiro atoms. The standard InChI is InChI=1S/C21H18F3N5O/c22-21(23,24)11-5-16(20(30)28-12-3-4-26-13(6-12)7-25)19(27-8-11)29-9-17-14-1-2-15(14)18(17)10-29/h3-6,8,14-15,17-18H,1-2,9-10H2,(H,26,28,30)/t14?,15?,17-,18?/m1/s1. The van der Waals surface area contributed by atoms with Gasteiger partial charge in [-0.2, -0.15) is 18.4 Å². The van der Waals surface area contributed by atoms with Gasteiger partial charge in [0.15, 0.2) is 0 Å². The first-order chi connectivity index (χ1) is 14.3. The van der Waals surface area contributed by atoms with E-state index in [4.69, 9.17) is 5.26 Å². The Labute approximate surface area is 170 Å². The molecule has 4 atom stereocenters. The summed E-state index contributed by atoms with van der Waals surface area (Å²) in [4.78, 5) is 22.8. The number of amides is 1. The van der Waals surface area contributed by atoms with Crippen molar-refractivity contribution in [2.75, 3.05) is 23.3 Å². The molecule has 6 nitrogen and oxygen atoms in total. The molecule has 2 aliphatic carbocycles. The van der Waals surface area contributed by atoms with E-state index in [0.29, 0.717) is 23.7 Å². The molecular weight excluding hydrogens is 395 g/mol. The van der Waals surface area contributed by atoms with Gasteiger partial charge in [0.25, 0.3) is 5.91 Å². The lowest BCUT2D eigenvalue weighted by Crippen LogP contribution is -2.52. The molecule has 1 aliphatic heterocycles. The van der Waals surface area contributed by atoms with Crippen LogP contribution in [-0.4, -0.2) is 29.0 Å². The summed E-state index contributed by atoms with van der Waals surface area (Å²) in [5.41, 5.74) is -0.698. The first-order valence-corrected chi connectivity index (χ1v) is 9.85. The number of anilines is 2. The van der Waals surface area contributed by atoms with Gasteiger partial charge in [-0.3, -0.25) is 4.79 Å². The van der Waals surface area contributed by atoms with Crippen LogP contribution >= 0.6 is 0 Å². The molecule has 0 bridgehead atoms. The molecule has 1 N–H and O–H groups in total. The Bertz CT molecular complexity index is 1050. The van der Waals surface area contributed by atoms with E-state index < -0.39 is 17.6 Å². The highest BCUT2D eigenvalue weighted by molar-refractivity contribution is 6.07. The van der Waals surface area contributed by atoms with Crippen LogP contribution in [0.2, 0.25) is 0 Å². The van der Waals surface area contributed by atoms with Crippen molar-refractivity contribution in [1.29, 1.82) is 5.26 Å². The Morgan fingerprint density at radius 3 is 2.43 bits per heavy atom. The monoisotopic (exact) mass is 413 g/mol. The van der Waals surface area contributed by atoms with Crippen molar-refractivity contribution in [3.63, 3.8) is 0 Å². The lowest BCUT2D eigenvalue weighted by molar-refractivity contribution is -0.137. The van der Waals surface area contributed by atoms with Gasteiger partial charge < -0.3 is 10.2 Å².